The Hall–Kier alpha value is -2.82. The fourth-order valence-corrected chi connectivity index (χ4v) is 6.89. The van der Waals surface area contributed by atoms with Crippen LogP contribution < -0.4 is 4.90 Å². The Balaban J connectivity index is 1.66. The van der Waals surface area contributed by atoms with Crippen molar-refractivity contribution in [2.24, 2.45) is 11.8 Å². The summed E-state index contributed by atoms with van der Waals surface area (Å²) in [5.74, 6) is -2.34. The summed E-state index contributed by atoms with van der Waals surface area (Å²) in [6.07, 6.45) is 0. The van der Waals surface area contributed by atoms with Gasteiger partial charge in [-0.1, -0.05) is 48.5 Å². The number of carbonyl (C=O) groups excluding carboxylic acids is 2. The first-order chi connectivity index (χ1) is 14.8. The largest absolute Gasteiger partial charge is 0.508 e. The van der Waals surface area contributed by atoms with Crippen molar-refractivity contribution >= 4 is 40.7 Å². The number of halogens is 2. The number of aryl methyl sites for hydroxylation is 1. The van der Waals surface area contributed by atoms with E-state index in [1.165, 1.54) is 17.0 Å². The maximum atomic E-state index is 13.8. The zero-order valence-electron chi connectivity index (χ0n) is 16.5. The Morgan fingerprint density at radius 1 is 0.774 bits per heavy atom. The summed E-state index contributed by atoms with van der Waals surface area (Å²) in [5, 5.41) is 9.80. The van der Waals surface area contributed by atoms with Crippen LogP contribution in [0.1, 0.15) is 27.8 Å². The van der Waals surface area contributed by atoms with Gasteiger partial charge >= 0.3 is 0 Å². The van der Waals surface area contributed by atoms with Gasteiger partial charge in [0.15, 0.2) is 0 Å². The van der Waals surface area contributed by atoms with E-state index in [4.69, 9.17) is 23.2 Å². The molecule has 0 unspecified atom stereocenters. The van der Waals surface area contributed by atoms with Crippen LogP contribution in [-0.2, 0) is 19.3 Å². The molecule has 2 amide bonds. The van der Waals surface area contributed by atoms with Gasteiger partial charge in [0.05, 0.1) is 17.5 Å². The van der Waals surface area contributed by atoms with E-state index < -0.39 is 21.6 Å². The van der Waals surface area contributed by atoms with Gasteiger partial charge < -0.3 is 5.11 Å². The standard InChI is InChI=1S/C25H17Cl2NO3/c1-13-12-14(29)10-11-19(13)28-22(30)20-21(23(28)31)25(27)16-7-3-2-6-15(16)24(20,26)17-8-4-5-9-18(17)25/h2-12,20-21,29H,1H3/t20-,21+,24?,25?. The molecule has 6 heteroatoms. The Morgan fingerprint density at radius 3 is 1.58 bits per heavy atom. The number of benzene rings is 3. The Morgan fingerprint density at radius 2 is 1.19 bits per heavy atom. The number of carbonyl (C=O) groups is 2. The average Bonchev–Trinajstić information content (AvgIpc) is 3.04. The normalized spacial score (nSPS) is 30.2. The molecule has 2 bridgehead atoms. The number of phenolic OH excluding ortho intramolecular Hbond substituents is 1. The number of phenols is 1. The van der Waals surface area contributed by atoms with Gasteiger partial charge in [0.1, 0.15) is 15.5 Å². The maximum absolute atomic E-state index is 13.8. The summed E-state index contributed by atoms with van der Waals surface area (Å²) in [6, 6.07) is 19.7. The van der Waals surface area contributed by atoms with Gasteiger partial charge in [-0.15, -0.1) is 23.2 Å². The van der Waals surface area contributed by atoms with E-state index >= 15 is 0 Å². The van der Waals surface area contributed by atoms with Crippen LogP contribution in [0, 0.1) is 18.8 Å². The summed E-state index contributed by atoms with van der Waals surface area (Å²) >= 11 is 14.8. The molecular formula is C25H17Cl2NO3. The zero-order valence-corrected chi connectivity index (χ0v) is 18.0. The van der Waals surface area contributed by atoms with Gasteiger partial charge in [-0.3, -0.25) is 9.59 Å². The van der Waals surface area contributed by atoms with Gasteiger partial charge in [0, 0.05) is 0 Å². The van der Waals surface area contributed by atoms with E-state index in [0.29, 0.717) is 11.3 Å². The molecule has 3 aromatic carbocycles. The zero-order chi connectivity index (χ0) is 21.7. The van der Waals surface area contributed by atoms with E-state index in [0.717, 1.165) is 22.3 Å². The van der Waals surface area contributed by atoms with Gasteiger partial charge in [0.25, 0.3) is 0 Å². The second kappa shape index (κ2) is 5.90. The molecule has 1 saturated heterocycles. The highest BCUT2D eigenvalue weighted by Crippen LogP contribution is 2.69. The molecule has 3 aliphatic carbocycles. The van der Waals surface area contributed by atoms with Crippen LogP contribution in [0.5, 0.6) is 5.75 Å². The molecule has 4 aliphatic rings. The summed E-state index contributed by atoms with van der Waals surface area (Å²) in [4.78, 5) is 26.5. The molecule has 0 radical (unpaired) electrons. The first-order valence-electron chi connectivity index (χ1n) is 10.1. The van der Waals surface area contributed by atoms with Crippen molar-refractivity contribution in [2.45, 2.75) is 16.7 Å². The van der Waals surface area contributed by atoms with Crippen LogP contribution in [0.4, 0.5) is 5.69 Å². The first-order valence-corrected chi connectivity index (χ1v) is 10.8. The molecule has 3 aromatic rings. The van der Waals surface area contributed by atoms with Crippen molar-refractivity contribution in [2.75, 3.05) is 4.90 Å². The fourth-order valence-electron chi connectivity index (χ4n) is 5.80. The number of rotatable bonds is 1. The Bertz CT molecular complexity index is 1200. The quantitative estimate of drug-likeness (QED) is 0.428. The highest BCUT2D eigenvalue weighted by Gasteiger charge is 2.73. The molecule has 0 aromatic heterocycles. The number of amides is 2. The van der Waals surface area contributed by atoms with Gasteiger partial charge in [0.2, 0.25) is 11.8 Å². The topological polar surface area (TPSA) is 57.6 Å². The summed E-state index contributed by atoms with van der Waals surface area (Å²) in [7, 11) is 0. The molecule has 1 heterocycles. The lowest BCUT2D eigenvalue weighted by molar-refractivity contribution is -0.122. The second-order valence-corrected chi connectivity index (χ2v) is 9.65. The van der Waals surface area contributed by atoms with E-state index in [1.807, 2.05) is 48.5 Å². The summed E-state index contributed by atoms with van der Waals surface area (Å²) in [6.45, 7) is 1.75. The number of anilines is 1. The first kappa shape index (κ1) is 18.9. The lowest BCUT2D eigenvalue weighted by Crippen LogP contribution is -2.57. The van der Waals surface area contributed by atoms with Crippen LogP contribution in [-0.4, -0.2) is 16.9 Å². The van der Waals surface area contributed by atoms with Crippen LogP contribution in [0.25, 0.3) is 0 Å². The van der Waals surface area contributed by atoms with E-state index in [-0.39, 0.29) is 17.6 Å². The third kappa shape index (κ3) is 2.03. The minimum Gasteiger partial charge on any atom is -0.508 e. The highest BCUT2D eigenvalue weighted by atomic mass is 35.5. The molecule has 4 nitrogen and oxygen atoms in total. The van der Waals surface area contributed by atoms with Crippen molar-refractivity contribution in [3.8, 4) is 5.75 Å². The maximum Gasteiger partial charge on any atom is 0.240 e. The van der Waals surface area contributed by atoms with Crippen molar-refractivity contribution < 1.29 is 14.7 Å². The predicted octanol–water partition coefficient (Wildman–Crippen LogP) is 4.80. The number of hydrogen-bond donors (Lipinski definition) is 1. The van der Waals surface area contributed by atoms with Crippen LogP contribution in [0.2, 0.25) is 0 Å². The molecule has 7 rings (SSSR count). The van der Waals surface area contributed by atoms with Crippen LogP contribution in [0.3, 0.4) is 0 Å². The minimum atomic E-state index is -1.19. The molecular weight excluding hydrogens is 433 g/mol. The average molecular weight is 450 g/mol. The number of imide groups is 1. The van der Waals surface area contributed by atoms with E-state index in [2.05, 4.69) is 0 Å². The molecule has 1 aliphatic heterocycles. The monoisotopic (exact) mass is 449 g/mol. The minimum absolute atomic E-state index is 0.0697. The Kier molecular flexibility index (Phi) is 3.60. The molecule has 31 heavy (non-hydrogen) atoms. The summed E-state index contributed by atoms with van der Waals surface area (Å²) in [5.41, 5.74) is 4.16. The molecule has 2 atom stereocenters. The van der Waals surface area contributed by atoms with Crippen molar-refractivity contribution in [1.82, 2.24) is 0 Å². The van der Waals surface area contributed by atoms with Crippen LogP contribution in [0.15, 0.2) is 66.7 Å². The molecule has 0 spiro atoms. The smallest absolute Gasteiger partial charge is 0.240 e. The molecule has 0 saturated carbocycles. The van der Waals surface area contributed by atoms with Gasteiger partial charge in [-0.25, -0.2) is 4.90 Å². The molecule has 1 fully saturated rings. The highest BCUT2D eigenvalue weighted by molar-refractivity contribution is 6.38. The lowest BCUT2D eigenvalue weighted by atomic mass is 9.54. The number of aromatic hydroxyl groups is 1. The number of hydrogen-bond acceptors (Lipinski definition) is 3. The number of alkyl halides is 2. The van der Waals surface area contributed by atoms with E-state index in [9.17, 15) is 14.7 Å². The van der Waals surface area contributed by atoms with Gasteiger partial charge in [-0.2, -0.15) is 0 Å². The second-order valence-electron chi connectivity index (χ2n) is 8.45. The molecule has 154 valence electrons. The van der Waals surface area contributed by atoms with Crippen molar-refractivity contribution in [3.63, 3.8) is 0 Å². The molecule has 1 N–H and O–H groups in total. The number of nitrogens with zero attached hydrogens (tertiary/aromatic N) is 1. The fraction of sp³-hybridized carbons (Fsp3) is 0.200. The van der Waals surface area contributed by atoms with Crippen molar-refractivity contribution in [3.05, 3.63) is 94.5 Å². The van der Waals surface area contributed by atoms with Crippen molar-refractivity contribution in [1.29, 1.82) is 0 Å². The third-order valence-corrected chi connectivity index (χ3v) is 8.29. The van der Waals surface area contributed by atoms with E-state index in [1.54, 1.807) is 13.0 Å². The Labute approximate surface area is 189 Å². The van der Waals surface area contributed by atoms with Crippen LogP contribution >= 0.6 is 23.2 Å². The summed E-state index contributed by atoms with van der Waals surface area (Å²) < 4.78 is 0. The third-order valence-electron chi connectivity index (χ3n) is 7.01. The van der Waals surface area contributed by atoms with Gasteiger partial charge in [-0.05, 0) is 52.9 Å². The lowest BCUT2D eigenvalue weighted by Gasteiger charge is -2.54. The SMILES string of the molecule is Cc1cc(O)ccc1N1C(=O)[C@@H]2[C@H](C1=O)C1(Cl)c3ccccc3C2(Cl)c2ccccc21. The predicted molar refractivity (Wildman–Crippen MR) is 118 cm³/mol.